The normalized spacial score (nSPS) is 22.4. The first-order chi connectivity index (χ1) is 9.27. The maximum atomic E-state index is 12.0. The summed E-state index contributed by atoms with van der Waals surface area (Å²) in [6.45, 7) is 2.39. The van der Waals surface area contributed by atoms with E-state index < -0.39 is 0 Å². The lowest BCUT2D eigenvalue weighted by molar-refractivity contribution is -0.128. The number of ether oxygens (including phenoxy) is 1. The largest absolute Gasteiger partial charge is 0.465 e. The molecule has 2 fully saturated rings. The number of carbonyl (C=O) groups is 1. The number of amides is 1. The van der Waals surface area contributed by atoms with Gasteiger partial charge in [-0.15, -0.1) is 11.8 Å². The Bertz CT molecular complexity index is 453. The molecule has 2 saturated heterocycles. The van der Waals surface area contributed by atoms with Gasteiger partial charge < -0.3 is 14.1 Å². The number of nitrogens with zero attached hydrogens (tertiary/aromatic N) is 1. The van der Waals surface area contributed by atoms with E-state index in [1.165, 1.54) is 0 Å². The molecule has 1 amide bonds. The van der Waals surface area contributed by atoms with E-state index in [1.807, 2.05) is 28.8 Å². The van der Waals surface area contributed by atoms with Gasteiger partial charge in [-0.3, -0.25) is 4.79 Å². The average Bonchev–Trinajstić information content (AvgIpc) is 3.09. The molecule has 2 aliphatic rings. The average molecular weight is 279 g/mol. The molecule has 1 aromatic heterocycles. The Morgan fingerprint density at radius 3 is 2.89 bits per heavy atom. The van der Waals surface area contributed by atoms with Gasteiger partial charge in [0.1, 0.15) is 10.7 Å². The van der Waals surface area contributed by atoms with Gasteiger partial charge in [0.2, 0.25) is 5.91 Å². The van der Waals surface area contributed by atoms with E-state index in [0.29, 0.717) is 5.76 Å². The van der Waals surface area contributed by atoms with E-state index >= 15 is 0 Å². The molecule has 2 aliphatic heterocycles. The van der Waals surface area contributed by atoms with Gasteiger partial charge in [-0.1, -0.05) is 0 Å². The van der Waals surface area contributed by atoms with Crippen molar-refractivity contribution in [3.8, 4) is 0 Å². The first-order valence-corrected chi connectivity index (χ1v) is 7.54. The summed E-state index contributed by atoms with van der Waals surface area (Å²) in [5.74, 6) is 1.83. The Morgan fingerprint density at radius 2 is 2.26 bits per heavy atom. The van der Waals surface area contributed by atoms with E-state index in [9.17, 15) is 4.79 Å². The fourth-order valence-corrected chi connectivity index (χ4v) is 3.67. The van der Waals surface area contributed by atoms with Crippen molar-refractivity contribution in [2.24, 2.45) is 0 Å². The molecule has 0 N–H and O–H groups in total. The van der Waals surface area contributed by atoms with Crippen LogP contribution in [0.3, 0.4) is 0 Å². The maximum absolute atomic E-state index is 12.0. The molecular weight excluding hydrogens is 262 g/mol. The third-order valence-electron chi connectivity index (χ3n) is 3.58. The predicted octanol–water partition coefficient (Wildman–Crippen LogP) is 2.37. The summed E-state index contributed by atoms with van der Waals surface area (Å²) in [6, 6.07) is 3.64. The highest BCUT2D eigenvalue weighted by molar-refractivity contribution is 8.00. The van der Waals surface area contributed by atoms with E-state index in [0.717, 1.165) is 38.3 Å². The number of piperidine rings is 1. The van der Waals surface area contributed by atoms with Crippen molar-refractivity contribution in [3.63, 3.8) is 0 Å². The Hall–Kier alpha value is -1.20. The lowest BCUT2D eigenvalue weighted by Crippen LogP contribution is -2.44. The highest BCUT2D eigenvalue weighted by atomic mass is 32.2. The van der Waals surface area contributed by atoms with Crippen LogP contribution in [0.25, 0.3) is 6.08 Å². The molecule has 3 heterocycles. The number of likely N-dealkylation sites (tertiary alicyclic amines) is 1. The van der Waals surface area contributed by atoms with Crippen molar-refractivity contribution in [2.45, 2.75) is 17.8 Å². The molecule has 102 valence electrons. The van der Waals surface area contributed by atoms with Gasteiger partial charge in [-0.2, -0.15) is 0 Å². The van der Waals surface area contributed by atoms with E-state index in [4.69, 9.17) is 9.15 Å². The standard InChI is InChI=1S/C14H17NO3S/c16-13(4-3-12-2-1-9-17-12)15-7-5-14(6-8-15)18-10-11-19-14/h1-4,9H,5-8,10-11H2/b4-3+. The molecule has 4 nitrogen and oxygen atoms in total. The van der Waals surface area contributed by atoms with Crippen molar-refractivity contribution < 1.29 is 13.9 Å². The Balaban J connectivity index is 1.54. The highest BCUT2D eigenvalue weighted by Crippen LogP contribution is 2.41. The van der Waals surface area contributed by atoms with Crippen molar-refractivity contribution >= 4 is 23.7 Å². The third kappa shape index (κ3) is 2.87. The topological polar surface area (TPSA) is 42.7 Å². The van der Waals surface area contributed by atoms with E-state index in [2.05, 4.69) is 0 Å². The first kappa shape index (κ1) is 12.8. The second-order valence-corrected chi connectivity index (χ2v) is 6.22. The van der Waals surface area contributed by atoms with E-state index in [1.54, 1.807) is 18.4 Å². The van der Waals surface area contributed by atoms with Crippen LogP contribution in [0.4, 0.5) is 0 Å². The summed E-state index contributed by atoms with van der Waals surface area (Å²) < 4.78 is 11.0. The smallest absolute Gasteiger partial charge is 0.246 e. The molecule has 0 bridgehead atoms. The summed E-state index contributed by atoms with van der Waals surface area (Å²) in [5, 5.41) is 0. The van der Waals surface area contributed by atoms with Gasteiger partial charge in [0, 0.05) is 37.8 Å². The summed E-state index contributed by atoms with van der Waals surface area (Å²) in [5.41, 5.74) is 0. The number of carbonyl (C=O) groups excluding carboxylic acids is 1. The fourth-order valence-electron chi connectivity index (χ4n) is 2.50. The minimum Gasteiger partial charge on any atom is -0.465 e. The van der Waals surface area contributed by atoms with Crippen molar-refractivity contribution in [3.05, 3.63) is 30.2 Å². The second kappa shape index (κ2) is 5.43. The first-order valence-electron chi connectivity index (χ1n) is 6.56. The molecule has 5 heteroatoms. The molecule has 1 spiro atoms. The van der Waals surface area contributed by atoms with Gasteiger partial charge in [0.15, 0.2) is 0 Å². The zero-order chi connectivity index (χ0) is 13.1. The second-order valence-electron chi connectivity index (χ2n) is 4.78. The number of hydrogen-bond donors (Lipinski definition) is 0. The van der Waals surface area contributed by atoms with Crippen LogP contribution < -0.4 is 0 Å². The van der Waals surface area contributed by atoms with Crippen LogP contribution in [0.15, 0.2) is 28.9 Å². The molecule has 0 saturated carbocycles. The summed E-state index contributed by atoms with van der Waals surface area (Å²) in [7, 11) is 0. The van der Waals surface area contributed by atoms with Crippen LogP contribution in [-0.2, 0) is 9.53 Å². The van der Waals surface area contributed by atoms with Gasteiger partial charge in [-0.25, -0.2) is 0 Å². The van der Waals surface area contributed by atoms with Gasteiger partial charge >= 0.3 is 0 Å². The molecule has 19 heavy (non-hydrogen) atoms. The fraction of sp³-hybridized carbons (Fsp3) is 0.500. The lowest BCUT2D eigenvalue weighted by atomic mass is 10.1. The molecule has 0 aromatic carbocycles. The quantitative estimate of drug-likeness (QED) is 0.780. The molecule has 0 radical (unpaired) electrons. The molecule has 1 aromatic rings. The number of rotatable bonds is 2. The van der Waals surface area contributed by atoms with Crippen LogP contribution in [0.2, 0.25) is 0 Å². The zero-order valence-corrected chi connectivity index (χ0v) is 11.5. The number of thioether (sulfide) groups is 1. The molecule has 0 aliphatic carbocycles. The molecule has 0 unspecified atom stereocenters. The number of hydrogen-bond acceptors (Lipinski definition) is 4. The predicted molar refractivity (Wildman–Crippen MR) is 74.7 cm³/mol. The maximum Gasteiger partial charge on any atom is 0.246 e. The number of furan rings is 1. The summed E-state index contributed by atoms with van der Waals surface area (Å²) in [4.78, 5) is 13.9. The monoisotopic (exact) mass is 279 g/mol. The van der Waals surface area contributed by atoms with E-state index in [-0.39, 0.29) is 10.8 Å². The van der Waals surface area contributed by atoms with Crippen LogP contribution in [0.1, 0.15) is 18.6 Å². The molecular formula is C14H17NO3S. The SMILES string of the molecule is O=C(/C=C/c1ccco1)N1CCC2(CC1)OCCS2. The minimum absolute atomic E-state index is 0.0124. The summed E-state index contributed by atoms with van der Waals surface area (Å²) >= 11 is 1.90. The van der Waals surface area contributed by atoms with Gasteiger partial charge in [0.05, 0.1) is 12.9 Å². The van der Waals surface area contributed by atoms with Crippen molar-refractivity contribution in [1.82, 2.24) is 4.90 Å². The Kier molecular flexibility index (Phi) is 3.66. The van der Waals surface area contributed by atoms with Crippen LogP contribution in [0, 0.1) is 0 Å². The Morgan fingerprint density at radius 1 is 1.42 bits per heavy atom. The third-order valence-corrected chi connectivity index (χ3v) is 5.01. The molecule has 3 rings (SSSR count). The van der Waals surface area contributed by atoms with Gasteiger partial charge in [0.25, 0.3) is 0 Å². The lowest BCUT2D eigenvalue weighted by Gasteiger charge is -2.37. The highest BCUT2D eigenvalue weighted by Gasteiger charge is 2.39. The summed E-state index contributed by atoms with van der Waals surface area (Å²) in [6.07, 6.45) is 6.76. The van der Waals surface area contributed by atoms with Crippen LogP contribution in [0.5, 0.6) is 0 Å². The zero-order valence-electron chi connectivity index (χ0n) is 10.7. The minimum atomic E-state index is -0.0124. The van der Waals surface area contributed by atoms with Crippen molar-refractivity contribution in [2.75, 3.05) is 25.4 Å². The van der Waals surface area contributed by atoms with Gasteiger partial charge in [-0.05, 0) is 18.2 Å². The van der Waals surface area contributed by atoms with Crippen LogP contribution in [-0.4, -0.2) is 41.2 Å². The molecule has 0 atom stereocenters. The Labute approximate surface area is 116 Å². The van der Waals surface area contributed by atoms with Crippen LogP contribution >= 0.6 is 11.8 Å². The van der Waals surface area contributed by atoms with Crippen molar-refractivity contribution in [1.29, 1.82) is 0 Å².